The van der Waals surface area contributed by atoms with Gasteiger partial charge in [0.15, 0.2) is 69.8 Å². The lowest BCUT2D eigenvalue weighted by Gasteiger charge is -2.44. The number of hydrogen-bond donors (Lipinski definition) is 0. The van der Waals surface area contributed by atoms with Crippen molar-refractivity contribution in [1.82, 2.24) is 0 Å². The highest BCUT2D eigenvalue weighted by Gasteiger charge is 2.52. The topological polar surface area (TPSA) is 0 Å². The first-order valence-corrected chi connectivity index (χ1v) is 13.3. The van der Waals surface area contributed by atoms with Crippen LogP contribution in [-0.2, 0) is 0 Å². The molecule has 49 heavy (non-hydrogen) atoms. The maximum atomic E-state index is 15.4. The highest BCUT2D eigenvalue weighted by Crippen LogP contribution is 2.30. The summed E-state index contributed by atoms with van der Waals surface area (Å²) in [5.74, 6) is -71.4. The summed E-state index contributed by atoms with van der Waals surface area (Å²) in [6.45, 7) is 3.49. The van der Waals surface area contributed by atoms with E-state index < -0.39 is 144 Å². The fraction of sp³-hybridized carbons (Fsp3) is 0.0370. The molecular formula is C27H8BF20P. The van der Waals surface area contributed by atoms with Gasteiger partial charge in [-0.3, -0.25) is 0 Å². The molecule has 4 aromatic carbocycles. The first-order chi connectivity index (χ1) is 22.6. The Morgan fingerprint density at radius 3 is 0.510 bits per heavy atom. The van der Waals surface area contributed by atoms with E-state index in [9.17, 15) is 52.7 Å². The van der Waals surface area contributed by atoms with E-state index in [1.807, 2.05) is 15.3 Å². The SMILES string of the molecule is C=CC[PH3+].Fc1c(F)c(F)c([B-](c2c(F)c(F)c(F)c(F)c2F)(c2c(F)c(F)c(F)c(F)c2F)c2c(F)c(F)c(F)c(F)c2F)c(F)c1F. The second-order valence-electron chi connectivity index (χ2n) is 9.38. The van der Waals surface area contributed by atoms with Crippen LogP contribution in [0.15, 0.2) is 12.7 Å². The van der Waals surface area contributed by atoms with Crippen molar-refractivity contribution in [3.8, 4) is 0 Å². The van der Waals surface area contributed by atoms with E-state index in [1.54, 1.807) is 0 Å². The van der Waals surface area contributed by atoms with Gasteiger partial charge in [-0.05, 0) is 9.24 Å². The summed E-state index contributed by atoms with van der Waals surface area (Å²) in [6, 6.07) is 0. The Hall–Kier alpha value is -4.29. The van der Waals surface area contributed by atoms with Gasteiger partial charge in [0, 0.05) is 0 Å². The molecule has 0 heterocycles. The minimum atomic E-state index is -7.22. The summed E-state index contributed by atoms with van der Waals surface area (Å²) in [5, 5.41) is 0. The van der Waals surface area contributed by atoms with Crippen LogP contribution in [0.4, 0.5) is 87.8 Å². The molecule has 0 saturated carbocycles. The molecule has 0 amide bonds. The summed E-state index contributed by atoms with van der Waals surface area (Å²) < 4.78 is 294. The van der Waals surface area contributed by atoms with Gasteiger partial charge >= 0.3 is 0 Å². The molecule has 0 aliphatic rings. The Balaban J connectivity index is 0.00000154. The molecule has 0 aromatic heterocycles. The number of halogens is 20. The zero-order chi connectivity index (χ0) is 37.8. The number of benzene rings is 4. The molecule has 0 aliphatic carbocycles. The zero-order valence-electron chi connectivity index (χ0n) is 22.8. The van der Waals surface area contributed by atoms with E-state index in [2.05, 4.69) is 6.58 Å². The Kier molecular flexibility index (Phi) is 11.1. The first kappa shape index (κ1) is 39.2. The van der Waals surface area contributed by atoms with Crippen molar-refractivity contribution in [1.29, 1.82) is 0 Å². The lowest BCUT2D eigenvalue weighted by Crippen LogP contribution is -2.81. The van der Waals surface area contributed by atoms with E-state index in [1.165, 1.54) is 0 Å². The fourth-order valence-corrected chi connectivity index (χ4v) is 4.87. The third-order valence-corrected chi connectivity index (χ3v) is 7.32. The predicted molar refractivity (Wildman–Crippen MR) is 135 cm³/mol. The van der Waals surface area contributed by atoms with Crippen LogP contribution in [0.3, 0.4) is 0 Å². The average Bonchev–Trinajstić information content (AvgIpc) is 3.08. The van der Waals surface area contributed by atoms with Crippen LogP contribution in [0, 0.1) is 116 Å². The van der Waals surface area contributed by atoms with Crippen molar-refractivity contribution in [2.75, 3.05) is 6.16 Å². The van der Waals surface area contributed by atoms with Crippen LogP contribution in [0.25, 0.3) is 0 Å². The minimum absolute atomic E-state index is 1.11. The van der Waals surface area contributed by atoms with Crippen molar-refractivity contribution < 1.29 is 87.8 Å². The van der Waals surface area contributed by atoms with Gasteiger partial charge in [-0.2, -0.15) is 0 Å². The first-order valence-electron chi connectivity index (χ1n) is 12.3. The van der Waals surface area contributed by atoms with Crippen LogP contribution >= 0.6 is 9.24 Å². The van der Waals surface area contributed by atoms with Crippen LogP contribution in [0.2, 0.25) is 0 Å². The predicted octanol–water partition coefficient (Wildman–Crippen LogP) is 6.63. The second-order valence-corrected chi connectivity index (χ2v) is 9.96. The summed E-state index contributed by atoms with van der Waals surface area (Å²) >= 11 is 0. The normalized spacial score (nSPS) is 11.6. The summed E-state index contributed by atoms with van der Waals surface area (Å²) in [4.78, 5) is 0. The molecule has 1 unspecified atom stereocenters. The molecule has 264 valence electrons. The molecule has 0 nitrogen and oxygen atoms in total. The van der Waals surface area contributed by atoms with Gasteiger partial charge in [0.2, 0.25) is 0 Å². The standard InChI is InChI=1S/C24BF20.C3H7P/c26-5-1(6(27)14(35)21(42)13(5)34)25(2-7(28)15(36)22(43)16(37)8(2)29,3-9(30)17(38)23(44)18(39)10(3)31)4-11(32)19(40)24(45)20(41)12(4)33;1-2-3-4/h;2H,1,3-4H2/q-1;/p+1. The number of allylic oxidation sites excluding steroid dienone is 1. The largest absolute Gasteiger partial charge is 0.207 e. The van der Waals surface area contributed by atoms with Gasteiger partial charge in [-0.1, -0.05) is 12.7 Å². The highest BCUT2D eigenvalue weighted by molar-refractivity contribution is 7.20. The Labute approximate surface area is 260 Å². The molecule has 4 rings (SSSR count). The average molecular weight is 754 g/mol. The smallest absolute Gasteiger partial charge is 0.200 e. The van der Waals surface area contributed by atoms with E-state index >= 15 is 35.1 Å². The molecule has 0 radical (unpaired) electrons. The fourth-order valence-electron chi connectivity index (χ4n) is 4.87. The van der Waals surface area contributed by atoms with Gasteiger partial charge in [-0.15, -0.1) is 21.9 Å². The van der Waals surface area contributed by atoms with E-state index in [-0.39, 0.29) is 0 Å². The molecule has 0 N–H and O–H groups in total. The Bertz CT molecular complexity index is 1650. The molecule has 0 fully saturated rings. The van der Waals surface area contributed by atoms with Crippen molar-refractivity contribution >= 4 is 37.2 Å². The molecule has 4 aromatic rings. The summed E-state index contributed by atoms with van der Waals surface area (Å²) in [6.07, 6.45) is -4.22. The van der Waals surface area contributed by atoms with E-state index in [0.29, 0.717) is 0 Å². The van der Waals surface area contributed by atoms with Gasteiger partial charge in [-0.25, -0.2) is 87.8 Å². The zero-order valence-corrected chi connectivity index (χ0v) is 24.2. The van der Waals surface area contributed by atoms with Gasteiger partial charge in [0.25, 0.3) is 0 Å². The third kappa shape index (κ3) is 5.58. The van der Waals surface area contributed by atoms with Crippen LogP contribution in [0.5, 0.6) is 0 Å². The third-order valence-electron chi connectivity index (χ3n) is 6.91. The van der Waals surface area contributed by atoms with Crippen LogP contribution in [0.1, 0.15) is 0 Å². The lowest BCUT2D eigenvalue weighted by atomic mass is 9.12. The molecule has 0 saturated heterocycles. The van der Waals surface area contributed by atoms with Crippen molar-refractivity contribution in [2.24, 2.45) is 0 Å². The lowest BCUT2D eigenvalue weighted by molar-refractivity contribution is 0.378. The molecule has 0 spiro atoms. The molecule has 22 heteroatoms. The number of rotatable bonds is 5. The summed E-state index contributed by atoms with van der Waals surface area (Å²) in [5.41, 5.74) is -14.3. The molecule has 1 atom stereocenters. The molecule has 0 bridgehead atoms. The van der Waals surface area contributed by atoms with Crippen LogP contribution in [-0.4, -0.2) is 12.3 Å². The quantitative estimate of drug-likeness (QED) is 0.0537. The minimum Gasteiger partial charge on any atom is -0.207 e. The van der Waals surface area contributed by atoms with Crippen molar-refractivity contribution in [3.05, 3.63) is 129 Å². The Morgan fingerprint density at radius 2 is 0.408 bits per heavy atom. The maximum Gasteiger partial charge on any atom is 0.200 e. The van der Waals surface area contributed by atoms with Crippen molar-refractivity contribution in [3.63, 3.8) is 0 Å². The van der Waals surface area contributed by atoms with Crippen LogP contribution < -0.4 is 21.9 Å². The van der Waals surface area contributed by atoms with Gasteiger partial charge in [0.1, 0.15) is 52.7 Å². The Morgan fingerprint density at radius 1 is 0.306 bits per heavy atom. The van der Waals surface area contributed by atoms with Gasteiger partial charge < -0.3 is 0 Å². The summed E-state index contributed by atoms with van der Waals surface area (Å²) in [7, 11) is 1.90. The highest BCUT2D eigenvalue weighted by atomic mass is 31.0. The second kappa shape index (κ2) is 13.9. The van der Waals surface area contributed by atoms with Gasteiger partial charge in [0.05, 0.1) is 6.16 Å². The maximum absolute atomic E-state index is 15.4. The number of hydrogen-bond acceptors (Lipinski definition) is 0. The van der Waals surface area contributed by atoms with E-state index in [4.69, 9.17) is 0 Å². The van der Waals surface area contributed by atoms with Crippen molar-refractivity contribution in [2.45, 2.75) is 0 Å². The monoisotopic (exact) mass is 754 g/mol. The van der Waals surface area contributed by atoms with E-state index in [0.717, 1.165) is 6.16 Å². The molecular weight excluding hydrogens is 746 g/mol. The molecule has 0 aliphatic heterocycles.